The van der Waals surface area contributed by atoms with Gasteiger partial charge in [0.2, 0.25) is 5.95 Å². The quantitative estimate of drug-likeness (QED) is 0.701. The van der Waals surface area contributed by atoms with Crippen LogP contribution >= 0.6 is 0 Å². The van der Waals surface area contributed by atoms with E-state index in [0.717, 1.165) is 24.5 Å². The molecule has 2 aromatic rings. The number of hydrogen-bond acceptors (Lipinski definition) is 4. The lowest BCUT2D eigenvalue weighted by molar-refractivity contribution is 0.740. The van der Waals surface area contributed by atoms with Crippen molar-refractivity contribution in [3.8, 4) is 0 Å². The fraction of sp³-hybridized carbons (Fsp3) is 0.444. The maximum absolute atomic E-state index is 4.56. The van der Waals surface area contributed by atoms with E-state index in [4.69, 9.17) is 0 Å². The van der Waals surface area contributed by atoms with Crippen molar-refractivity contribution in [2.75, 3.05) is 17.2 Å². The first-order valence-corrected chi connectivity index (χ1v) is 8.10. The van der Waals surface area contributed by atoms with Crippen LogP contribution in [0.2, 0.25) is 0 Å². The second kappa shape index (κ2) is 8.37. The number of unbranched alkanes of at least 4 members (excludes halogenated alkanes) is 2. The van der Waals surface area contributed by atoms with Crippen LogP contribution in [0, 0.1) is 6.92 Å². The van der Waals surface area contributed by atoms with E-state index < -0.39 is 0 Å². The summed E-state index contributed by atoms with van der Waals surface area (Å²) < 4.78 is 0. The minimum Gasteiger partial charge on any atom is -0.363 e. The lowest BCUT2D eigenvalue weighted by Crippen LogP contribution is -2.11. The Morgan fingerprint density at radius 3 is 2.59 bits per heavy atom. The van der Waals surface area contributed by atoms with Gasteiger partial charge in [-0.05, 0) is 25.8 Å². The van der Waals surface area contributed by atoms with E-state index in [1.54, 1.807) is 0 Å². The molecule has 0 fully saturated rings. The van der Waals surface area contributed by atoms with Crippen LogP contribution in [0.1, 0.15) is 50.4 Å². The fourth-order valence-electron chi connectivity index (χ4n) is 2.34. The highest BCUT2D eigenvalue weighted by Crippen LogP contribution is 2.19. The zero-order valence-corrected chi connectivity index (χ0v) is 13.8. The van der Waals surface area contributed by atoms with E-state index in [1.807, 2.05) is 19.1 Å². The van der Waals surface area contributed by atoms with Crippen LogP contribution in [0.3, 0.4) is 0 Å². The lowest BCUT2D eigenvalue weighted by Gasteiger charge is -2.16. The molecule has 0 amide bonds. The molecule has 118 valence electrons. The molecule has 0 aliphatic carbocycles. The molecule has 1 atom stereocenters. The summed E-state index contributed by atoms with van der Waals surface area (Å²) in [7, 11) is 0. The Bertz CT molecular complexity index is 569. The van der Waals surface area contributed by atoms with Gasteiger partial charge in [0.25, 0.3) is 0 Å². The van der Waals surface area contributed by atoms with Gasteiger partial charge in [0.1, 0.15) is 5.82 Å². The highest BCUT2D eigenvalue weighted by molar-refractivity contribution is 5.44. The molecule has 0 spiro atoms. The second-order valence-electron chi connectivity index (χ2n) is 5.63. The van der Waals surface area contributed by atoms with E-state index in [2.05, 4.69) is 58.7 Å². The van der Waals surface area contributed by atoms with Crippen LogP contribution in [0.15, 0.2) is 36.4 Å². The Morgan fingerprint density at radius 2 is 1.86 bits per heavy atom. The predicted molar refractivity (Wildman–Crippen MR) is 93.3 cm³/mol. The van der Waals surface area contributed by atoms with E-state index in [9.17, 15) is 0 Å². The number of hydrogen-bond donors (Lipinski definition) is 2. The van der Waals surface area contributed by atoms with Crippen molar-refractivity contribution in [1.29, 1.82) is 0 Å². The third-order valence-electron chi connectivity index (χ3n) is 3.58. The molecule has 0 bridgehead atoms. The molecule has 1 aromatic heterocycles. The van der Waals surface area contributed by atoms with Crippen LogP contribution in [-0.4, -0.2) is 16.5 Å². The van der Waals surface area contributed by atoms with Gasteiger partial charge in [0, 0.05) is 24.3 Å². The number of benzene rings is 1. The molecule has 0 aliphatic rings. The van der Waals surface area contributed by atoms with Gasteiger partial charge in [-0.15, -0.1) is 0 Å². The summed E-state index contributed by atoms with van der Waals surface area (Å²) >= 11 is 0. The van der Waals surface area contributed by atoms with Crippen molar-refractivity contribution in [3.05, 3.63) is 47.7 Å². The molecule has 1 heterocycles. The first kappa shape index (κ1) is 16.3. The number of rotatable bonds is 8. The topological polar surface area (TPSA) is 49.8 Å². The number of anilines is 2. The zero-order valence-electron chi connectivity index (χ0n) is 13.8. The first-order valence-electron chi connectivity index (χ1n) is 8.10. The number of nitrogens with zero attached hydrogens (tertiary/aromatic N) is 2. The first-order chi connectivity index (χ1) is 10.7. The van der Waals surface area contributed by atoms with Gasteiger partial charge in [-0.1, -0.05) is 50.1 Å². The average Bonchev–Trinajstić information content (AvgIpc) is 2.52. The third-order valence-corrected chi connectivity index (χ3v) is 3.58. The molecule has 0 radical (unpaired) electrons. The predicted octanol–water partition coefficient (Wildman–Crippen LogP) is 4.56. The smallest absolute Gasteiger partial charge is 0.224 e. The van der Waals surface area contributed by atoms with Crippen molar-refractivity contribution in [1.82, 2.24) is 9.97 Å². The summed E-state index contributed by atoms with van der Waals surface area (Å²) in [6, 6.07) is 12.6. The van der Waals surface area contributed by atoms with Gasteiger partial charge in [-0.3, -0.25) is 0 Å². The zero-order chi connectivity index (χ0) is 15.8. The molecular weight excluding hydrogens is 272 g/mol. The minimum absolute atomic E-state index is 0.212. The summed E-state index contributed by atoms with van der Waals surface area (Å²) in [4.78, 5) is 9.01. The Hall–Kier alpha value is -2.10. The summed E-state index contributed by atoms with van der Waals surface area (Å²) in [5.74, 6) is 1.57. The van der Waals surface area contributed by atoms with E-state index >= 15 is 0 Å². The Morgan fingerprint density at radius 1 is 1.09 bits per heavy atom. The standard InChI is InChI=1S/C18H26N4/c1-4-5-9-12-19-18-20-14(2)13-17(22-18)21-15(3)16-10-7-6-8-11-16/h6-8,10-11,13,15H,4-5,9,12H2,1-3H3,(H2,19,20,21,22). The molecule has 22 heavy (non-hydrogen) atoms. The van der Waals surface area contributed by atoms with Crippen molar-refractivity contribution in [2.45, 2.75) is 46.1 Å². The lowest BCUT2D eigenvalue weighted by atomic mass is 10.1. The highest BCUT2D eigenvalue weighted by atomic mass is 15.1. The Balaban J connectivity index is 2.00. The molecule has 4 heteroatoms. The number of aromatic nitrogens is 2. The van der Waals surface area contributed by atoms with Gasteiger partial charge < -0.3 is 10.6 Å². The van der Waals surface area contributed by atoms with Crippen LogP contribution < -0.4 is 10.6 Å². The molecule has 2 rings (SSSR count). The normalized spacial score (nSPS) is 12.0. The molecule has 0 saturated carbocycles. The van der Waals surface area contributed by atoms with Crippen molar-refractivity contribution < 1.29 is 0 Å². The van der Waals surface area contributed by atoms with E-state index in [0.29, 0.717) is 5.95 Å². The van der Waals surface area contributed by atoms with Crippen molar-refractivity contribution >= 4 is 11.8 Å². The summed E-state index contributed by atoms with van der Waals surface area (Å²) in [6.45, 7) is 7.26. The molecule has 2 N–H and O–H groups in total. The fourth-order valence-corrected chi connectivity index (χ4v) is 2.34. The van der Waals surface area contributed by atoms with Gasteiger partial charge in [0.05, 0.1) is 0 Å². The van der Waals surface area contributed by atoms with Crippen LogP contribution in [0.4, 0.5) is 11.8 Å². The second-order valence-corrected chi connectivity index (χ2v) is 5.63. The van der Waals surface area contributed by atoms with Crippen molar-refractivity contribution in [2.24, 2.45) is 0 Å². The molecule has 1 unspecified atom stereocenters. The number of aryl methyl sites for hydroxylation is 1. The Labute approximate surface area is 133 Å². The van der Waals surface area contributed by atoms with Crippen LogP contribution in [0.5, 0.6) is 0 Å². The van der Waals surface area contributed by atoms with E-state index in [1.165, 1.54) is 18.4 Å². The Kier molecular flexibility index (Phi) is 6.19. The average molecular weight is 298 g/mol. The third kappa shape index (κ3) is 5.02. The van der Waals surface area contributed by atoms with Gasteiger partial charge >= 0.3 is 0 Å². The largest absolute Gasteiger partial charge is 0.363 e. The minimum atomic E-state index is 0.212. The summed E-state index contributed by atoms with van der Waals surface area (Å²) in [5.41, 5.74) is 2.21. The van der Waals surface area contributed by atoms with Gasteiger partial charge in [-0.2, -0.15) is 4.98 Å². The van der Waals surface area contributed by atoms with Gasteiger partial charge in [0.15, 0.2) is 0 Å². The highest BCUT2D eigenvalue weighted by Gasteiger charge is 2.07. The van der Waals surface area contributed by atoms with Crippen molar-refractivity contribution in [3.63, 3.8) is 0 Å². The number of nitrogens with one attached hydrogen (secondary N) is 2. The summed E-state index contributed by atoms with van der Waals surface area (Å²) in [5, 5.41) is 6.76. The summed E-state index contributed by atoms with van der Waals surface area (Å²) in [6.07, 6.45) is 3.60. The monoisotopic (exact) mass is 298 g/mol. The van der Waals surface area contributed by atoms with Crippen LogP contribution in [0.25, 0.3) is 0 Å². The van der Waals surface area contributed by atoms with Crippen LogP contribution in [-0.2, 0) is 0 Å². The van der Waals surface area contributed by atoms with Gasteiger partial charge in [-0.25, -0.2) is 4.98 Å². The molecule has 1 aromatic carbocycles. The molecular formula is C18H26N4. The molecule has 0 aliphatic heterocycles. The molecule has 4 nitrogen and oxygen atoms in total. The molecule has 0 saturated heterocycles. The maximum Gasteiger partial charge on any atom is 0.224 e. The van der Waals surface area contributed by atoms with E-state index in [-0.39, 0.29) is 6.04 Å². The SMILES string of the molecule is CCCCCNc1nc(C)cc(NC(C)c2ccccc2)n1. The maximum atomic E-state index is 4.56.